The number of hydrogen-bond acceptors (Lipinski definition) is 2. The predicted octanol–water partition coefficient (Wildman–Crippen LogP) is 4.21. The van der Waals surface area contributed by atoms with E-state index in [1.165, 1.54) is 0 Å². The van der Waals surface area contributed by atoms with Crippen molar-refractivity contribution >= 4 is 29.2 Å². The fraction of sp³-hybridized carbons (Fsp3) is 0.333. The van der Waals surface area contributed by atoms with E-state index in [2.05, 4.69) is 10.6 Å². The van der Waals surface area contributed by atoms with Crippen molar-refractivity contribution in [2.45, 2.75) is 26.3 Å². The number of amides is 3. The van der Waals surface area contributed by atoms with E-state index in [1.54, 1.807) is 4.90 Å². The Balaban J connectivity index is 1.45. The molecule has 1 aliphatic rings. The third-order valence-corrected chi connectivity index (χ3v) is 5.24. The van der Waals surface area contributed by atoms with Gasteiger partial charge in [-0.2, -0.15) is 0 Å². The minimum absolute atomic E-state index is 0.0218. The SMILES string of the molecule is Cc1ccc(NC(=O)N2CCC(C(=O)NCc3ccccc3Cl)CC2)cc1. The van der Waals surface area contributed by atoms with Crippen LogP contribution in [-0.4, -0.2) is 29.9 Å². The van der Waals surface area contributed by atoms with Crippen LogP contribution in [0.15, 0.2) is 48.5 Å². The fourth-order valence-electron chi connectivity index (χ4n) is 3.15. The molecule has 2 aromatic rings. The summed E-state index contributed by atoms with van der Waals surface area (Å²) < 4.78 is 0. The third kappa shape index (κ3) is 5.23. The molecule has 1 saturated heterocycles. The van der Waals surface area contributed by atoms with Gasteiger partial charge in [0, 0.05) is 36.3 Å². The molecule has 0 atom stereocenters. The zero-order chi connectivity index (χ0) is 19.2. The molecular formula is C21H24ClN3O2. The molecule has 0 aromatic heterocycles. The lowest BCUT2D eigenvalue weighted by molar-refractivity contribution is -0.126. The van der Waals surface area contributed by atoms with Crippen LogP contribution in [-0.2, 0) is 11.3 Å². The first-order valence-electron chi connectivity index (χ1n) is 9.16. The van der Waals surface area contributed by atoms with Gasteiger partial charge in [0.25, 0.3) is 0 Å². The van der Waals surface area contributed by atoms with E-state index < -0.39 is 0 Å². The molecule has 0 bridgehead atoms. The number of likely N-dealkylation sites (tertiary alicyclic amines) is 1. The minimum atomic E-state index is -0.117. The van der Waals surface area contributed by atoms with E-state index in [0.717, 1.165) is 16.8 Å². The molecule has 2 N–H and O–H groups in total. The summed E-state index contributed by atoms with van der Waals surface area (Å²) in [6, 6.07) is 15.1. The Morgan fingerprint density at radius 2 is 1.74 bits per heavy atom. The van der Waals surface area contributed by atoms with Gasteiger partial charge in [-0.05, 0) is 43.5 Å². The van der Waals surface area contributed by atoms with E-state index in [-0.39, 0.29) is 17.9 Å². The van der Waals surface area contributed by atoms with Crippen LogP contribution in [0, 0.1) is 12.8 Å². The predicted molar refractivity (Wildman–Crippen MR) is 108 cm³/mol. The molecule has 6 heteroatoms. The monoisotopic (exact) mass is 385 g/mol. The molecule has 1 aliphatic heterocycles. The zero-order valence-electron chi connectivity index (χ0n) is 15.4. The maximum atomic E-state index is 12.4. The second kappa shape index (κ2) is 8.91. The maximum absolute atomic E-state index is 12.4. The Hall–Kier alpha value is -2.53. The number of carbonyl (C=O) groups is 2. The molecule has 0 unspecified atom stereocenters. The lowest BCUT2D eigenvalue weighted by Gasteiger charge is -2.31. The van der Waals surface area contributed by atoms with Crippen LogP contribution < -0.4 is 10.6 Å². The smallest absolute Gasteiger partial charge is 0.321 e. The first-order chi connectivity index (χ1) is 13.0. The molecule has 5 nitrogen and oxygen atoms in total. The molecule has 2 aromatic carbocycles. The molecule has 1 fully saturated rings. The third-order valence-electron chi connectivity index (χ3n) is 4.87. The Labute approximate surface area is 164 Å². The molecular weight excluding hydrogens is 362 g/mol. The van der Waals surface area contributed by atoms with E-state index in [0.29, 0.717) is 37.5 Å². The average molecular weight is 386 g/mol. The summed E-state index contributed by atoms with van der Waals surface area (Å²) in [5.41, 5.74) is 2.84. The number of carbonyl (C=O) groups excluding carboxylic acids is 2. The first-order valence-corrected chi connectivity index (χ1v) is 9.54. The van der Waals surface area contributed by atoms with Crippen molar-refractivity contribution in [3.05, 3.63) is 64.7 Å². The van der Waals surface area contributed by atoms with Gasteiger partial charge in [0.15, 0.2) is 0 Å². The Kier molecular flexibility index (Phi) is 6.35. The highest BCUT2D eigenvalue weighted by atomic mass is 35.5. The van der Waals surface area contributed by atoms with E-state index in [9.17, 15) is 9.59 Å². The summed E-state index contributed by atoms with van der Waals surface area (Å²) >= 11 is 6.12. The normalized spacial score (nSPS) is 14.7. The van der Waals surface area contributed by atoms with Crippen LogP contribution in [0.4, 0.5) is 10.5 Å². The molecule has 0 aliphatic carbocycles. The lowest BCUT2D eigenvalue weighted by Crippen LogP contribution is -2.44. The van der Waals surface area contributed by atoms with Gasteiger partial charge >= 0.3 is 6.03 Å². The Morgan fingerprint density at radius 1 is 1.07 bits per heavy atom. The van der Waals surface area contributed by atoms with E-state index in [4.69, 9.17) is 11.6 Å². The van der Waals surface area contributed by atoms with Crippen molar-refractivity contribution in [3.63, 3.8) is 0 Å². The Bertz CT molecular complexity index is 799. The topological polar surface area (TPSA) is 61.4 Å². The number of piperidine rings is 1. The standard InChI is InChI=1S/C21H24ClN3O2/c1-15-6-8-18(9-7-15)24-21(27)25-12-10-16(11-13-25)20(26)23-14-17-4-2-3-5-19(17)22/h2-9,16H,10-14H2,1H3,(H,23,26)(H,24,27). The number of nitrogens with one attached hydrogen (secondary N) is 2. The van der Waals surface area contributed by atoms with Gasteiger partial charge in [0.2, 0.25) is 5.91 Å². The van der Waals surface area contributed by atoms with Gasteiger partial charge < -0.3 is 15.5 Å². The highest BCUT2D eigenvalue weighted by molar-refractivity contribution is 6.31. The summed E-state index contributed by atoms with van der Waals surface area (Å²) in [6.45, 7) is 3.57. The number of urea groups is 1. The molecule has 3 rings (SSSR count). The molecule has 3 amide bonds. The first kappa shape index (κ1) is 19.2. The van der Waals surface area contributed by atoms with Gasteiger partial charge in [-0.3, -0.25) is 4.79 Å². The van der Waals surface area contributed by atoms with Crippen LogP contribution in [0.5, 0.6) is 0 Å². The van der Waals surface area contributed by atoms with Crippen LogP contribution >= 0.6 is 11.6 Å². The number of anilines is 1. The van der Waals surface area contributed by atoms with Crippen LogP contribution in [0.1, 0.15) is 24.0 Å². The molecule has 1 heterocycles. The number of nitrogens with zero attached hydrogens (tertiary/aromatic N) is 1. The summed E-state index contributed by atoms with van der Waals surface area (Å²) in [5.74, 6) is -0.0515. The number of rotatable bonds is 4. The van der Waals surface area contributed by atoms with Gasteiger partial charge in [0.1, 0.15) is 0 Å². The van der Waals surface area contributed by atoms with Crippen LogP contribution in [0.25, 0.3) is 0 Å². The second-order valence-corrected chi connectivity index (χ2v) is 7.27. The lowest BCUT2D eigenvalue weighted by atomic mass is 9.96. The highest BCUT2D eigenvalue weighted by Gasteiger charge is 2.27. The van der Waals surface area contributed by atoms with Crippen molar-refractivity contribution in [3.8, 4) is 0 Å². The number of benzene rings is 2. The quantitative estimate of drug-likeness (QED) is 0.828. The van der Waals surface area contributed by atoms with Crippen molar-refractivity contribution in [1.82, 2.24) is 10.2 Å². The van der Waals surface area contributed by atoms with Crippen molar-refractivity contribution in [2.24, 2.45) is 5.92 Å². The molecule has 0 saturated carbocycles. The van der Waals surface area contributed by atoms with E-state index in [1.807, 2.05) is 55.5 Å². The summed E-state index contributed by atoms with van der Waals surface area (Å²) in [6.07, 6.45) is 1.32. The van der Waals surface area contributed by atoms with Crippen molar-refractivity contribution in [1.29, 1.82) is 0 Å². The maximum Gasteiger partial charge on any atom is 0.321 e. The van der Waals surface area contributed by atoms with Crippen molar-refractivity contribution < 1.29 is 9.59 Å². The van der Waals surface area contributed by atoms with Crippen LogP contribution in [0.3, 0.4) is 0 Å². The molecule has 142 valence electrons. The number of aryl methyl sites for hydroxylation is 1. The van der Waals surface area contributed by atoms with E-state index >= 15 is 0 Å². The Morgan fingerprint density at radius 3 is 2.41 bits per heavy atom. The zero-order valence-corrected chi connectivity index (χ0v) is 16.1. The highest BCUT2D eigenvalue weighted by Crippen LogP contribution is 2.20. The average Bonchev–Trinajstić information content (AvgIpc) is 2.69. The van der Waals surface area contributed by atoms with Crippen molar-refractivity contribution in [2.75, 3.05) is 18.4 Å². The molecule has 27 heavy (non-hydrogen) atoms. The van der Waals surface area contributed by atoms with Gasteiger partial charge in [-0.25, -0.2) is 4.79 Å². The van der Waals surface area contributed by atoms with Gasteiger partial charge in [0.05, 0.1) is 0 Å². The number of halogens is 1. The fourth-order valence-corrected chi connectivity index (χ4v) is 3.36. The summed E-state index contributed by atoms with van der Waals surface area (Å²) in [4.78, 5) is 26.5. The molecule has 0 spiro atoms. The summed E-state index contributed by atoms with van der Waals surface area (Å²) in [5, 5.41) is 6.52. The molecule has 0 radical (unpaired) electrons. The van der Waals surface area contributed by atoms with Gasteiger partial charge in [-0.15, -0.1) is 0 Å². The largest absolute Gasteiger partial charge is 0.352 e. The minimum Gasteiger partial charge on any atom is -0.352 e. The second-order valence-electron chi connectivity index (χ2n) is 6.87. The van der Waals surface area contributed by atoms with Crippen LogP contribution in [0.2, 0.25) is 5.02 Å². The number of hydrogen-bond donors (Lipinski definition) is 2. The van der Waals surface area contributed by atoms with Gasteiger partial charge in [-0.1, -0.05) is 47.5 Å². The summed E-state index contributed by atoms with van der Waals surface area (Å²) in [7, 11) is 0.